The Morgan fingerprint density at radius 1 is 1.06 bits per heavy atom. The smallest absolute Gasteiger partial charge is 0.790 e. The molecule has 0 saturated heterocycles. The minimum atomic E-state index is -5.54. The van der Waals surface area contributed by atoms with Gasteiger partial charge in [-0.05, 0) is 25.1 Å². The first-order valence-electron chi connectivity index (χ1n) is 7.86. The fourth-order valence-electron chi connectivity index (χ4n) is 2.27. The van der Waals surface area contributed by atoms with Gasteiger partial charge in [-0.2, -0.15) is 0 Å². The Kier molecular flexibility index (Phi) is 19.3. The molecule has 0 spiro atoms. The molecule has 0 fully saturated rings. The topological polar surface area (TPSA) is 262 Å². The number of aromatic nitrogens is 1. The van der Waals surface area contributed by atoms with Crippen LogP contribution in [0.5, 0.6) is 5.75 Å². The molecule has 0 aliphatic carbocycles. The van der Waals surface area contributed by atoms with Crippen LogP contribution in [0.1, 0.15) is 21.6 Å². The van der Waals surface area contributed by atoms with Crippen molar-refractivity contribution in [3.63, 3.8) is 0 Å². The number of nitrogens with zero attached hydrogens (tertiary/aromatic N) is 3. The Labute approximate surface area is 293 Å². The van der Waals surface area contributed by atoms with Crippen molar-refractivity contribution in [3.8, 4) is 5.75 Å². The molecule has 0 bridgehead atoms. The number of hydrogen-bond donors (Lipinski definition) is 1. The van der Waals surface area contributed by atoms with Gasteiger partial charge in [-0.15, -0.1) is 10.2 Å². The van der Waals surface area contributed by atoms with E-state index in [0.29, 0.717) is 12.1 Å². The first-order chi connectivity index (χ1) is 14.5. The summed E-state index contributed by atoms with van der Waals surface area (Å²) >= 11 is 0. The molecule has 0 unspecified atom stereocenters. The molecule has 0 atom stereocenters. The zero-order chi connectivity index (χ0) is 24.5. The number of rotatable bonds is 8. The summed E-state index contributed by atoms with van der Waals surface area (Å²) in [6.45, 7) is 0.104. The molecular weight excluding hydrogens is 589 g/mol. The molecular formula is C14H10N3Na4O12PS2. The molecule has 15 nitrogen and oxygen atoms in total. The normalized spacial score (nSPS) is 11.5. The van der Waals surface area contributed by atoms with Gasteiger partial charge in [0.25, 0.3) is 0 Å². The Hall–Kier alpha value is 1.37. The molecule has 174 valence electrons. The van der Waals surface area contributed by atoms with Crippen molar-refractivity contribution >= 4 is 45.9 Å². The monoisotopic (exact) mass is 599 g/mol. The number of hydrogen-bond acceptors (Lipinski definition) is 15. The molecule has 0 aliphatic heterocycles. The first kappa shape index (κ1) is 41.8. The van der Waals surface area contributed by atoms with Crippen LogP contribution in [0.3, 0.4) is 0 Å². The second-order valence-corrected chi connectivity index (χ2v) is 9.72. The van der Waals surface area contributed by atoms with Crippen LogP contribution in [0, 0.1) is 6.92 Å². The Balaban J connectivity index is -0.00000272. The Morgan fingerprint density at radius 2 is 1.61 bits per heavy atom. The molecule has 2 aromatic rings. The summed E-state index contributed by atoms with van der Waals surface area (Å²) in [6.07, 6.45) is 0.0731. The molecule has 0 aliphatic rings. The number of phosphoric acid groups is 1. The van der Waals surface area contributed by atoms with Gasteiger partial charge in [0.05, 0.1) is 35.5 Å². The van der Waals surface area contributed by atoms with E-state index in [1.165, 1.54) is 6.92 Å². The average Bonchev–Trinajstić information content (AvgIpc) is 2.65. The summed E-state index contributed by atoms with van der Waals surface area (Å²) in [5.74, 6) is -1.30. The van der Waals surface area contributed by atoms with Gasteiger partial charge in [-0.1, -0.05) is 0 Å². The number of pyridine rings is 1. The quantitative estimate of drug-likeness (QED) is 0.0973. The van der Waals surface area contributed by atoms with Crippen molar-refractivity contribution < 1.29 is 173 Å². The van der Waals surface area contributed by atoms with Crippen LogP contribution in [0.15, 0.2) is 38.2 Å². The number of azo groups is 1. The SMILES string of the molecule is Cc1nc(N=Nc2ccc(S(=O)(=O)[O-])cc2S(=O)(=O)[O-])c(COP(=O)([O-])[O-])c(C=O)c1O.[Na+].[Na+].[Na+].[Na+]. The van der Waals surface area contributed by atoms with E-state index in [2.05, 4.69) is 19.7 Å². The van der Waals surface area contributed by atoms with E-state index in [1.807, 2.05) is 0 Å². The summed E-state index contributed by atoms with van der Waals surface area (Å²) in [5.41, 5.74) is -2.03. The van der Waals surface area contributed by atoms with Crippen LogP contribution in [0.4, 0.5) is 11.5 Å². The van der Waals surface area contributed by atoms with E-state index in [4.69, 9.17) is 0 Å². The van der Waals surface area contributed by atoms with Crippen LogP contribution in [-0.2, 0) is 35.9 Å². The van der Waals surface area contributed by atoms with Crippen molar-refractivity contribution in [3.05, 3.63) is 35.0 Å². The molecule has 0 saturated carbocycles. The Morgan fingerprint density at radius 3 is 2.06 bits per heavy atom. The summed E-state index contributed by atoms with van der Waals surface area (Å²) in [7, 11) is -16.0. The third-order valence-corrected chi connectivity index (χ3v) is 5.84. The minimum Gasteiger partial charge on any atom is -0.790 e. The van der Waals surface area contributed by atoms with Gasteiger partial charge in [0.15, 0.2) is 12.1 Å². The second-order valence-electron chi connectivity index (χ2n) is 5.84. The van der Waals surface area contributed by atoms with E-state index in [-0.39, 0.29) is 136 Å². The minimum absolute atomic E-state index is 0. The zero-order valence-corrected chi connectivity index (χ0v) is 30.1. The number of aromatic hydroxyl groups is 1. The first-order valence-corrected chi connectivity index (χ1v) is 12.1. The van der Waals surface area contributed by atoms with Crippen molar-refractivity contribution in [1.82, 2.24) is 4.98 Å². The molecule has 36 heavy (non-hydrogen) atoms. The molecule has 1 aromatic heterocycles. The standard InChI is InChI=1S/C14H14N3O12PS2.4Na/c1-7-13(19)9(5-18)10(6-29-30(20,21)22)14(15-7)17-16-11-3-2-8(31(23,24)25)4-12(11)32(26,27)28;;;;/h2-5,19H,6H2,1H3,(H2,20,21,22)(H,23,24,25)(H,26,27,28);;;;/q;4*+1/p-4. The van der Waals surface area contributed by atoms with Crippen molar-refractivity contribution in [1.29, 1.82) is 0 Å². The fourth-order valence-corrected chi connectivity index (χ4v) is 3.76. The van der Waals surface area contributed by atoms with Crippen molar-refractivity contribution in [2.45, 2.75) is 23.3 Å². The molecule has 2 rings (SSSR count). The van der Waals surface area contributed by atoms with Gasteiger partial charge >= 0.3 is 118 Å². The largest absolute Gasteiger partial charge is 1.00 e. The van der Waals surface area contributed by atoms with Crippen molar-refractivity contribution in [2.75, 3.05) is 0 Å². The summed E-state index contributed by atoms with van der Waals surface area (Å²) in [4.78, 5) is 34.3. The number of carbonyl (C=O) groups is 1. The van der Waals surface area contributed by atoms with Gasteiger partial charge in [0.2, 0.25) is 0 Å². The van der Waals surface area contributed by atoms with Gasteiger partial charge in [0.1, 0.15) is 31.7 Å². The number of phosphoric ester groups is 1. The van der Waals surface area contributed by atoms with Crippen molar-refractivity contribution in [2.24, 2.45) is 10.2 Å². The molecule has 0 radical (unpaired) electrons. The molecule has 22 heteroatoms. The third-order valence-electron chi connectivity index (χ3n) is 3.69. The molecule has 1 aromatic carbocycles. The number of aldehydes is 1. The Bertz CT molecular complexity index is 1380. The summed E-state index contributed by atoms with van der Waals surface area (Å²) in [5, 5.41) is 16.8. The number of aryl methyl sites for hydroxylation is 1. The summed E-state index contributed by atoms with van der Waals surface area (Å²) in [6, 6.07) is 1.58. The molecule has 1 N–H and O–H groups in total. The molecule has 1 heterocycles. The van der Waals surface area contributed by atoms with E-state index in [0.717, 1.165) is 0 Å². The van der Waals surface area contributed by atoms with Gasteiger partial charge in [0, 0.05) is 5.56 Å². The zero-order valence-electron chi connectivity index (χ0n) is 19.6. The maximum Gasteiger partial charge on any atom is 1.00 e. The van der Waals surface area contributed by atoms with Crippen LogP contribution < -0.4 is 128 Å². The average molecular weight is 599 g/mol. The van der Waals surface area contributed by atoms with Gasteiger partial charge in [-0.3, -0.25) is 4.79 Å². The maximum absolute atomic E-state index is 11.5. The number of carbonyl (C=O) groups excluding carboxylic acids is 1. The second kappa shape index (κ2) is 16.6. The van der Waals surface area contributed by atoms with Crippen LogP contribution in [0.25, 0.3) is 0 Å². The van der Waals surface area contributed by atoms with Gasteiger partial charge in [-0.25, -0.2) is 21.8 Å². The van der Waals surface area contributed by atoms with Crippen LogP contribution in [0.2, 0.25) is 0 Å². The van der Waals surface area contributed by atoms with Gasteiger partial charge < -0.3 is 33.1 Å². The molecule has 0 amide bonds. The van der Waals surface area contributed by atoms with E-state index in [9.17, 15) is 50.2 Å². The predicted octanol–water partition coefficient (Wildman–Crippen LogP) is -12.5. The maximum atomic E-state index is 11.5. The summed E-state index contributed by atoms with van der Waals surface area (Å²) < 4.78 is 82.4. The van der Waals surface area contributed by atoms with E-state index in [1.54, 1.807) is 0 Å². The number of benzene rings is 1. The van der Waals surface area contributed by atoms with E-state index >= 15 is 0 Å². The van der Waals surface area contributed by atoms with Crippen LogP contribution >= 0.6 is 7.82 Å². The predicted molar refractivity (Wildman–Crippen MR) is 95.0 cm³/mol. The van der Waals surface area contributed by atoms with Crippen LogP contribution in [-0.4, -0.2) is 42.3 Å². The third kappa shape index (κ3) is 11.9. The van der Waals surface area contributed by atoms with E-state index < -0.39 is 72.8 Å². The fraction of sp³-hybridized carbons (Fsp3) is 0.143.